The summed E-state index contributed by atoms with van der Waals surface area (Å²) in [4.78, 5) is 4.89. The lowest BCUT2D eigenvalue weighted by Crippen LogP contribution is -2.60. The molecule has 2 atom stereocenters. The van der Waals surface area contributed by atoms with Crippen LogP contribution in [0.3, 0.4) is 0 Å². The first-order valence-electron chi connectivity index (χ1n) is 5.64. The smallest absolute Gasteiger partial charge is 0.0351 e. The zero-order chi connectivity index (χ0) is 10.7. The number of rotatable bonds is 3. The van der Waals surface area contributed by atoms with Gasteiger partial charge in [0, 0.05) is 37.8 Å². The molecular weight excluding hydrogens is 174 g/mol. The van der Waals surface area contributed by atoms with Crippen LogP contribution >= 0.6 is 0 Å². The number of hydrogen-bond donors (Lipinski definition) is 1. The van der Waals surface area contributed by atoms with Crippen molar-refractivity contribution in [3.8, 4) is 0 Å². The molecule has 1 aliphatic heterocycles. The van der Waals surface area contributed by atoms with Crippen LogP contribution in [0.15, 0.2) is 0 Å². The molecule has 0 amide bonds. The third-order valence-electron chi connectivity index (χ3n) is 2.89. The Morgan fingerprint density at radius 2 is 2.07 bits per heavy atom. The lowest BCUT2D eigenvalue weighted by atomic mass is 10.1. The van der Waals surface area contributed by atoms with E-state index in [4.69, 9.17) is 0 Å². The van der Waals surface area contributed by atoms with Crippen molar-refractivity contribution in [2.75, 3.05) is 33.7 Å². The van der Waals surface area contributed by atoms with Gasteiger partial charge in [-0.1, -0.05) is 0 Å². The molecule has 0 aromatic carbocycles. The van der Waals surface area contributed by atoms with Crippen LogP contribution in [-0.2, 0) is 0 Å². The van der Waals surface area contributed by atoms with E-state index in [2.05, 4.69) is 50.0 Å². The standard InChI is InChI=1S/C11H25N3/c1-9(2)14-7-10(3)12-6-11(14)8-13(4)5/h9-12H,6-8H2,1-5H3. The van der Waals surface area contributed by atoms with Crippen LogP contribution in [0.1, 0.15) is 20.8 Å². The molecule has 0 radical (unpaired) electrons. The summed E-state index contributed by atoms with van der Waals surface area (Å²) in [7, 11) is 4.30. The molecule has 1 saturated heterocycles. The van der Waals surface area contributed by atoms with Crippen molar-refractivity contribution in [3.63, 3.8) is 0 Å². The molecule has 0 aromatic heterocycles. The molecule has 84 valence electrons. The summed E-state index contributed by atoms with van der Waals surface area (Å²) in [6.07, 6.45) is 0. The van der Waals surface area contributed by atoms with E-state index in [1.165, 1.54) is 6.54 Å². The molecule has 14 heavy (non-hydrogen) atoms. The van der Waals surface area contributed by atoms with E-state index in [1.807, 2.05) is 0 Å². The molecule has 3 heteroatoms. The summed E-state index contributed by atoms with van der Waals surface area (Å²) in [5.41, 5.74) is 0. The molecule has 0 spiro atoms. The number of likely N-dealkylation sites (N-methyl/N-ethyl adjacent to an activating group) is 1. The molecule has 1 fully saturated rings. The maximum Gasteiger partial charge on any atom is 0.0351 e. The Labute approximate surface area is 88.5 Å². The first-order valence-corrected chi connectivity index (χ1v) is 5.64. The fraction of sp³-hybridized carbons (Fsp3) is 1.00. The van der Waals surface area contributed by atoms with Gasteiger partial charge in [0.25, 0.3) is 0 Å². The first-order chi connectivity index (χ1) is 6.50. The highest BCUT2D eigenvalue weighted by molar-refractivity contribution is 4.87. The molecule has 1 heterocycles. The fourth-order valence-corrected chi connectivity index (χ4v) is 2.21. The Hall–Kier alpha value is -0.120. The fourth-order valence-electron chi connectivity index (χ4n) is 2.21. The van der Waals surface area contributed by atoms with Gasteiger partial charge in [0.15, 0.2) is 0 Å². The monoisotopic (exact) mass is 199 g/mol. The third-order valence-corrected chi connectivity index (χ3v) is 2.89. The second-order valence-electron chi connectivity index (χ2n) is 5.02. The Kier molecular flexibility index (Phi) is 4.35. The molecule has 0 aliphatic carbocycles. The van der Waals surface area contributed by atoms with Gasteiger partial charge >= 0.3 is 0 Å². The van der Waals surface area contributed by atoms with Crippen molar-refractivity contribution in [3.05, 3.63) is 0 Å². The predicted molar refractivity (Wildman–Crippen MR) is 61.6 cm³/mol. The van der Waals surface area contributed by atoms with Crippen LogP contribution in [0.25, 0.3) is 0 Å². The molecule has 1 aliphatic rings. The Morgan fingerprint density at radius 3 is 2.57 bits per heavy atom. The van der Waals surface area contributed by atoms with Crippen LogP contribution in [0.5, 0.6) is 0 Å². The molecule has 0 saturated carbocycles. The van der Waals surface area contributed by atoms with E-state index in [0.29, 0.717) is 18.1 Å². The zero-order valence-corrected chi connectivity index (χ0v) is 10.2. The van der Waals surface area contributed by atoms with Crippen molar-refractivity contribution in [2.24, 2.45) is 0 Å². The number of hydrogen-bond acceptors (Lipinski definition) is 3. The van der Waals surface area contributed by atoms with Gasteiger partial charge in [0.1, 0.15) is 0 Å². The average Bonchev–Trinajstić information content (AvgIpc) is 2.07. The Balaban J connectivity index is 2.53. The lowest BCUT2D eigenvalue weighted by molar-refractivity contribution is 0.0830. The van der Waals surface area contributed by atoms with Gasteiger partial charge in [-0.25, -0.2) is 0 Å². The molecule has 2 unspecified atom stereocenters. The quantitative estimate of drug-likeness (QED) is 0.719. The molecule has 0 bridgehead atoms. The van der Waals surface area contributed by atoms with Gasteiger partial charge in [-0.2, -0.15) is 0 Å². The average molecular weight is 199 g/mol. The van der Waals surface area contributed by atoms with Gasteiger partial charge in [0.05, 0.1) is 0 Å². The molecule has 1 N–H and O–H groups in total. The van der Waals surface area contributed by atoms with Crippen LogP contribution < -0.4 is 5.32 Å². The Morgan fingerprint density at radius 1 is 1.43 bits per heavy atom. The van der Waals surface area contributed by atoms with Crippen LogP contribution in [-0.4, -0.2) is 61.7 Å². The van der Waals surface area contributed by atoms with E-state index < -0.39 is 0 Å². The highest BCUT2D eigenvalue weighted by Gasteiger charge is 2.27. The maximum atomic E-state index is 3.55. The first kappa shape index (κ1) is 12.0. The van der Waals surface area contributed by atoms with Crippen molar-refractivity contribution >= 4 is 0 Å². The van der Waals surface area contributed by atoms with Crippen LogP contribution in [0.4, 0.5) is 0 Å². The largest absolute Gasteiger partial charge is 0.311 e. The SMILES string of the molecule is CC1CN(C(C)C)C(CN(C)C)CN1. The van der Waals surface area contributed by atoms with Crippen molar-refractivity contribution in [2.45, 2.75) is 38.9 Å². The van der Waals surface area contributed by atoms with Gasteiger partial charge in [-0.05, 0) is 34.9 Å². The van der Waals surface area contributed by atoms with E-state index in [1.54, 1.807) is 0 Å². The molecule has 0 aromatic rings. The van der Waals surface area contributed by atoms with Crippen molar-refractivity contribution < 1.29 is 0 Å². The minimum Gasteiger partial charge on any atom is -0.311 e. The third kappa shape index (κ3) is 3.23. The number of nitrogens with one attached hydrogen (secondary N) is 1. The molecule has 3 nitrogen and oxygen atoms in total. The van der Waals surface area contributed by atoms with Gasteiger partial charge in [0.2, 0.25) is 0 Å². The molecule has 1 rings (SSSR count). The Bertz CT molecular complexity index is 168. The minimum atomic E-state index is 0.635. The summed E-state index contributed by atoms with van der Waals surface area (Å²) >= 11 is 0. The molecular formula is C11H25N3. The normalized spacial score (nSPS) is 30.2. The summed E-state index contributed by atoms with van der Waals surface area (Å²) in [5, 5.41) is 3.55. The number of nitrogens with zero attached hydrogens (tertiary/aromatic N) is 2. The van der Waals surface area contributed by atoms with Crippen LogP contribution in [0, 0.1) is 0 Å². The topological polar surface area (TPSA) is 18.5 Å². The van der Waals surface area contributed by atoms with Crippen molar-refractivity contribution in [1.82, 2.24) is 15.1 Å². The summed E-state index contributed by atoms with van der Waals surface area (Å²) in [6.45, 7) is 10.3. The summed E-state index contributed by atoms with van der Waals surface area (Å²) < 4.78 is 0. The van der Waals surface area contributed by atoms with E-state index in [9.17, 15) is 0 Å². The highest BCUT2D eigenvalue weighted by atomic mass is 15.3. The van der Waals surface area contributed by atoms with Gasteiger partial charge in [-0.3, -0.25) is 4.90 Å². The second kappa shape index (κ2) is 5.10. The predicted octanol–water partition coefficient (Wildman–Crippen LogP) is 0.619. The van der Waals surface area contributed by atoms with E-state index in [0.717, 1.165) is 13.1 Å². The lowest BCUT2D eigenvalue weighted by Gasteiger charge is -2.42. The van der Waals surface area contributed by atoms with Gasteiger partial charge < -0.3 is 10.2 Å². The van der Waals surface area contributed by atoms with Gasteiger partial charge in [-0.15, -0.1) is 0 Å². The minimum absolute atomic E-state index is 0.635. The van der Waals surface area contributed by atoms with Crippen LogP contribution in [0.2, 0.25) is 0 Å². The van der Waals surface area contributed by atoms with E-state index in [-0.39, 0.29) is 0 Å². The highest BCUT2D eigenvalue weighted by Crippen LogP contribution is 2.11. The van der Waals surface area contributed by atoms with Crippen molar-refractivity contribution in [1.29, 1.82) is 0 Å². The second-order valence-corrected chi connectivity index (χ2v) is 5.02. The number of piperazine rings is 1. The summed E-state index contributed by atoms with van der Waals surface area (Å²) in [6, 6.07) is 1.96. The van der Waals surface area contributed by atoms with E-state index >= 15 is 0 Å². The maximum absolute atomic E-state index is 3.55. The zero-order valence-electron chi connectivity index (χ0n) is 10.2. The summed E-state index contributed by atoms with van der Waals surface area (Å²) in [5.74, 6) is 0.